The first kappa shape index (κ1) is 13.4. The predicted octanol–water partition coefficient (Wildman–Crippen LogP) is 3.12. The highest BCUT2D eigenvalue weighted by Crippen LogP contribution is 2.37. The van der Waals surface area contributed by atoms with E-state index in [1.807, 2.05) is 36.4 Å². The lowest BCUT2D eigenvalue weighted by Crippen LogP contribution is -1.94. The molecule has 0 aliphatic rings. The number of nitrogens with one attached hydrogen (secondary N) is 1. The molecule has 6 heteroatoms. The van der Waals surface area contributed by atoms with E-state index in [1.54, 1.807) is 7.11 Å². The topological polar surface area (TPSA) is 77.2 Å². The van der Waals surface area contributed by atoms with Crippen molar-refractivity contribution >= 4 is 38.7 Å². The number of fused-ring (bicyclic) bond motifs is 1. The summed E-state index contributed by atoms with van der Waals surface area (Å²) in [6.45, 7) is 0. The number of aromatic nitrogens is 1. The molecule has 106 valence electrons. The second-order valence-corrected chi connectivity index (χ2v) is 5.38. The van der Waals surface area contributed by atoms with Gasteiger partial charge in [-0.05, 0) is 36.4 Å². The van der Waals surface area contributed by atoms with Crippen LogP contribution in [0.4, 0.5) is 10.7 Å². The summed E-state index contributed by atoms with van der Waals surface area (Å²) in [5.41, 5.74) is 8.38. The number of nitrogen functional groups attached to an aromatic ring is 1. The molecule has 21 heavy (non-hydrogen) atoms. The average molecular weight is 299 g/mol. The summed E-state index contributed by atoms with van der Waals surface area (Å²) in [6.07, 6.45) is 0.617. The van der Waals surface area contributed by atoms with E-state index >= 15 is 0 Å². The van der Waals surface area contributed by atoms with Crippen LogP contribution in [0, 0.1) is 0 Å². The number of nitrogens with two attached hydrogens (primary N) is 1. The van der Waals surface area contributed by atoms with Crippen molar-refractivity contribution in [2.75, 3.05) is 18.2 Å². The number of benzene rings is 1. The number of pyridine rings is 1. The first-order valence-electron chi connectivity index (χ1n) is 6.26. The molecule has 0 aliphatic heterocycles. The zero-order valence-electron chi connectivity index (χ0n) is 11.3. The molecule has 3 N–H and O–H groups in total. The largest absolute Gasteiger partial charge is 0.497 e. The zero-order valence-corrected chi connectivity index (χ0v) is 12.1. The Morgan fingerprint density at radius 3 is 2.67 bits per heavy atom. The molecular formula is C15H13N3O2S. The Bertz CT molecular complexity index is 797. The van der Waals surface area contributed by atoms with Crippen LogP contribution in [-0.2, 0) is 4.79 Å². The molecule has 1 amide bonds. The molecule has 2 aromatic heterocycles. The average Bonchev–Trinajstić information content (AvgIpc) is 2.84. The molecule has 5 nitrogen and oxygen atoms in total. The molecule has 3 rings (SSSR count). The predicted molar refractivity (Wildman–Crippen MR) is 85.7 cm³/mol. The van der Waals surface area contributed by atoms with Crippen molar-refractivity contribution in [3.05, 3.63) is 36.4 Å². The Balaban J connectivity index is 2.05. The normalized spacial score (nSPS) is 10.5. The fourth-order valence-corrected chi connectivity index (χ4v) is 3.03. The lowest BCUT2D eigenvalue weighted by atomic mass is 10.1. The van der Waals surface area contributed by atoms with Crippen molar-refractivity contribution in [3.8, 4) is 17.0 Å². The van der Waals surface area contributed by atoms with Crippen LogP contribution < -0.4 is 15.8 Å². The number of rotatable bonds is 4. The van der Waals surface area contributed by atoms with Gasteiger partial charge < -0.3 is 15.8 Å². The summed E-state index contributed by atoms with van der Waals surface area (Å²) in [5, 5.41) is 4.07. The highest BCUT2D eigenvalue weighted by Gasteiger charge is 2.11. The van der Waals surface area contributed by atoms with Crippen molar-refractivity contribution in [2.45, 2.75) is 0 Å². The van der Waals surface area contributed by atoms with E-state index in [1.165, 1.54) is 11.3 Å². The van der Waals surface area contributed by atoms with Crippen molar-refractivity contribution in [1.29, 1.82) is 0 Å². The Hall–Kier alpha value is -2.60. The summed E-state index contributed by atoms with van der Waals surface area (Å²) in [7, 11) is 1.63. The van der Waals surface area contributed by atoms with Crippen molar-refractivity contribution < 1.29 is 9.53 Å². The van der Waals surface area contributed by atoms with Crippen molar-refractivity contribution in [1.82, 2.24) is 4.98 Å². The van der Waals surface area contributed by atoms with E-state index in [-0.39, 0.29) is 0 Å². The first-order chi connectivity index (χ1) is 10.2. The van der Waals surface area contributed by atoms with Gasteiger partial charge in [0, 0.05) is 10.9 Å². The number of anilines is 2. The maximum Gasteiger partial charge on any atom is 0.212 e. The molecule has 0 aliphatic carbocycles. The van der Waals surface area contributed by atoms with Crippen LogP contribution in [0.3, 0.4) is 0 Å². The molecule has 0 bridgehead atoms. The van der Waals surface area contributed by atoms with Crippen LogP contribution in [0.1, 0.15) is 0 Å². The second-order valence-electron chi connectivity index (χ2n) is 4.38. The van der Waals surface area contributed by atoms with E-state index in [4.69, 9.17) is 10.5 Å². The van der Waals surface area contributed by atoms with E-state index < -0.39 is 0 Å². The van der Waals surface area contributed by atoms with Gasteiger partial charge in [0.15, 0.2) is 0 Å². The number of carbonyl (C=O) groups excluding carboxylic acids is 1. The summed E-state index contributed by atoms with van der Waals surface area (Å²) >= 11 is 1.36. The third kappa shape index (κ3) is 2.41. The van der Waals surface area contributed by atoms with E-state index in [2.05, 4.69) is 10.3 Å². The van der Waals surface area contributed by atoms with Crippen LogP contribution in [0.5, 0.6) is 5.75 Å². The maximum absolute atomic E-state index is 10.6. The van der Waals surface area contributed by atoms with Gasteiger partial charge in [-0.1, -0.05) is 11.3 Å². The number of carbonyl (C=O) groups is 1. The molecule has 0 saturated heterocycles. The van der Waals surface area contributed by atoms with Gasteiger partial charge in [-0.3, -0.25) is 4.79 Å². The summed E-state index contributed by atoms with van der Waals surface area (Å²) in [5.74, 6) is 0.803. The number of ether oxygens (including phenoxy) is 1. The van der Waals surface area contributed by atoms with Crippen LogP contribution in [-0.4, -0.2) is 18.5 Å². The van der Waals surface area contributed by atoms with Gasteiger partial charge in [-0.25, -0.2) is 4.98 Å². The number of nitrogens with zero attached hydrogens (tertiary/aromatic N) is 1. The third-order valence-electron chi connectivity index (χ3n) is 3.17. The Kier molecular flexibility index (Phi) is 3.45. The minimum atomic E-state index is 0.552. The first-order valence-corrected chi connectivity index (χ1v) is 7.08. The smallest absolute Gasteiger partial charge is 0.212 e. The zero-order chi connectivity index (χ0) is 14.8. The van der Waals surface area contributed by atoms with E-state index in [0.29, 0.717) is 17.1 Å². The summed E-state index contributed by atoms with van der Waals surface area (Å²) in [4.78, 5) is 16.0. The second kappa shape index (κ2) is 5.41. The molecule has 0 fully saturated rings. The molecule has 0 radical (unpaired) electrons. The lowest BCUT2D eigenvalue weighted by molar-refractivity contribution is -0.105. The molecule has 1 aromatic carbocycles. The van der Waals surface area contributed by atoms with Gasteiger partial charge in [0.2, 0.25) is 6.41 Å². The quantitative estimate of drug-likeness (QED) is 0.726. The Labute approximate surface area is 125 Å². The van der Waals surface area contributed by atoms with Crippen LogP contribution in [0.2, 0.25) is 0 Å². The molecule has 2 heterocycles. The van der Waals surface area contributed by atoms with Crippen LogP contribution in [0.25, 0.3) is 21.5 Å². The van der Waals surface area contributed by atoms with Crippen molar-refractivity contribution in [3.63, 3.8) is 0 Å². The SMILES string of the molecule is COc1ccc(-c2ccc3c(N)c(NC=O)sc3n2)cc1. The van der Waals surface area contributed by atoms with Gasteiger partial charge >= 0.3 is 0 Å². The van der Waals surface area contributed by atoms with E-state index in [0.717, 1.165) is 27.2 Å². The molecule has 0 saturated carbocycles. The fourth-order valence-electron chi connectivity index (χ4n) is 2.08. The van der Waals surface area contributed by atoms with E-state index in [9.17, 15) is 4.79 Å². The number of thiophene rings is 1. The third-order valence-corrected chi connectivity index (χ3v) is 4.22. The summed E-state index contributed by atoms with van der Waals surface area (Å²) < 4.78 is 5.15. The monoisotopic (exact) mass is 299 g/mol. The van der Waals surface area contributed by atoms with Crippen LogP contribution in [0.15, 0.2) is 36.4 Å². The molecule has 0 atom stereocenters. The number of methoxy groups -OCH3 is 1. The lowest BCUT2D eigenvalue weighted by Gasteiger charge is -2.03. The molecule has 0 unspecified atom stereocenters. The highest BCUT2D eigenvalue weighted by molar-refractivity contribution is 7.23. The Morgan fingerprint density at radius 2 is 2.00 bits per heavy atom. The van der Waals surface area contributed by atoms with Crippen molar-refractivity contribution in [2.24, 2.45) is 0 Å². The minimum Gasteiger partial charge on any atom is -0.497 e. The number of hydrogen-bond acceptors (Lipinski definition) is 5. The molecule has 0 spiro atoms. The number of hydrogen-bond donors (Lipinski definition) is 2. The Morgan fingerprint density at radius 1 is 1.24 bits per heavy atom. The number of amides is 1. The highest BCUT2D eigenvalue weighted by atomic mass is 32.1. The standard InChI is InChI=1S/C15H13N3O2S/c1-20-10-4-2-9(3-5-10)12-7-6-11-13(16)15(17-8-19)21-14(11)18-12/h2-8H,16H2,1H3,(H,17,19). The van der Waals surface area contributed by atoms with Gasteiger partial charge in [-0.2, -0.15) is 0 Å². The van der Waals surface area contributed by atoms with Gasteiger partial charge in [0.25, 0.3) is 0 Å². The summed E-state index contributed by atoms with van der Waals surface area (Å²) in [6, 6.07) is 11.5. The van der Waals surface area contributed by atoms with Gasteiger partial charge in [0.1, 0.15) is 15.6 Å². The van der Waals surface area contributed by atoms with Crippen LogP contribution >= 0.6 is 11.3 Å². The molecular weight excluding hydrogens is 286 g/mol. The van der Waals surface area contributed by atoms with Gasteiger partial charge in [0.05, 0.1) is 18.5 Å². The van der Waals surface area contributed by atoms with Gasteiger partial charge in [-0.15, -0.1) is 0 Å². The minimum absolute atomic E-state index is 0.552. The molecule has 3 aromatic rings. The fraction of sp³-hybridized carbons (Fsp3) is 0.0667. The maximum atomic E-state index is 10.6.